The van der Waals surface area contributed by atoms with Gasteiger partial charge in [-0.25, -0.2) is 0 Å². The molecule has 14 heavy (non-hydrogen) atoms. The summed E-state index contributed by atoms with van der Waals surface area (Å²) < 4.78 is 1.93. The number of aromatic nitrogens is 2. The van der Waals surface area contributed by atoms with Crippen LogP contribution < -0.4 is 5.73 Å². The van der Waals surface area contributed by atoms with Crippen LogP contribution in [0, 0.1) is 0 Å². The van der Waals surface area contributed by atoms with Gasteiger partial charge in [0.2, 0.25) is 0 Å². The molecule has 0 aliphatic heterocycles. The molecule has 0 aliphatic carbocycles. The van der Waals surface area contributed by atoms with E-state index in [1.165, 1.54) is 0 Å². The number of nitrogens with two attached hydrogens (primary N) is 1. The van der Waals surface area contributed by atoms with Gasteiger partial charge in [0.05, 0.1) is 6.20 Å². The number of hydrogen-bond donors (Lipinski definition) is 1. The van der Waals surface area contributed by atoms with Crippen molar-refractivity contribution in [2.75, 3.05) is 6.54 Å². The summed E-state index contributed by atoms with van der Waals surface area (Å²) in [5.41, 5.74) is 6.43. The second-order valence-corrected chi connectivity index (χ2v) is 2.99. The van der Waals surface area contributed by atoms with E-state index in [0.717, 1.165) is 5.56 Å². The molecule has 0 aromatic carbocycles. The average molecular weight is 238 g/mol. The van der Waals surface area contributed by atoms with E-state index < -0.39 is 0 Å². The molecule has 0 aliphatic rings. The maximum atomic E-state index is 5.33. The molecule has 1 rings (SSSR count). The van der Waals surface area contributed by atoms with Crippen molar-refractivity contribution in [3.8, 4) is 0 Å². The number of rotatable bonds is 3. The largest absolute Gasteiger partial charge is 0.327 e. The highest BCUT2D eigenvalue weighted by Crippen LogP contribution is 2.06. The lowest BCUT2D eigenvalue weighted by atomic mass is 10.3. The van der Waals surface area contributed by atoms with E-state index in [4.69, 9.17) is 5.73 Å². The first-order chi connectivity index (χ1) is 5.74. The Bertz CT molecular complexity index is 269. The molecule has 1 heterocycles. The van der Waals surface area contributed by atoms with Crippen LogP contribution in [0.2, 0.25) is 0 Å². The molecule has 0 fully saturated rings. The summed E-state index contributed by atoms with van der Waals surface area (Å²) >= 11 is 0. The Morgan fingerprint density at radius 1 is 1.50 bits per heavy atom. The van der Waals surface area contributed by atoms with Crippen LogP contribution in [0.15, 0.2) is 18.5 Å². The van der Waals surface area contributed by atoms with Crippen molar-refractivity contribution in [1.29, 1.82) is 0 Å². The molecule has 0 bridgehead atoms. The van der Waals surface area contributed by atoms with Crippen LogP contribution in [0.5, 0.6) is 0 Å². The fourth-order valence-electron chi connectivity index (χ4n) is 0.925. The monoisotopic (exact) mass is 237 g/mol. The minimum Gasteiger partial charge on any atom is -0.327 e. The summed E-state index contributed by atoms with van der Waals surface area (Å²) in [6, 6.07) is 0.421. The maximum Gasteiger partial charge on any atom is 0.0562 e. The van der Waals surface area contributed by atoms with Crippen molar-refractivity contribution in [2.24, 2.45) is 5.73 Å². The smallest absolute Gasteiger partial charge is 0.0562 e. The Hall–Kier alpha value is -0.510. The van der Waals surface area contributed by atoms with Gasteiger partial charge in [0, 0.05) is 24.3 Å². The molecule has 0 saturated carbocycles. The molecule has 0 amide bonds. The highest BCUT2D eigenvalue weighted by Gasteiger charge is 1.97. The molecule has 1 aromatic rings. The van der Waals surface area contributed by atoms with Crippen LogP contribution in [0.1, 0.15) is 25.5 Å². The molecule has 2 N–H and O–H groups in total. The Labute approximate surface area is 97.2 Å². The van der Waals surface area contributed by atoms with Crippen molar-refractivity contribution in [2.45, 2.75) is 19.9 Å². The van der Waals surface area contributed by atoms with Crippen molar-refractivity contribution in [3.05, 3.63) is 24.0 Å². The zero-order valence-corrected chi connectivity index (χ0v) is 10.0. The first-order valence-corrected chi connectivity index (χ1v) is 4.15. The van der Waals surface area contributed by atoms with Crippen molar-refractivity contribution in [3.63, 3.8) is 0 Å². The fourth-order valence-corrected chi connectivity index (χ4v) is 0.925. The van der Waals surface area contributed by atoms with E-state index in [9.17, 15) is 0 Å². The summed E-state index contributed by atoms with van der Waals surface area (Å²) in [5, 5.41) is 4.19. The summed E-state index contributed by atoms with van der Waals surface area (Å²) in [5.74, 6) is 0. The third-order valence-electron chi connectivity index (χ3n) is 1.60. The van der Waals surface area contributed by atoms with E-state index in [1.807, 2.05) is 29.2 Å². The van der Waals surface area contributed by atoms with Gasteiger partial charge in [-0.2, -0.15) is 5.10 Å². The molecule has 0 unspecified atom stereocenters. The molecular formula is C9H17Cl2N3. The van der Waals surface area contributed by atoms with Crippen LogP contribution in [0.3, 0.4) is 0 Å². The summed E-state index contributed by atoms with van der Waals surface area (Å²) in [6.07, 6.45) is 7.75. The predicted octanol–water partition coefficient (Wildman–Crippen LogP) is 2.28. The fraction of sp³-hybridized carbons (Fsp3) is 0.444. The van der Waals surface area contributed by atoms with Gasteiger partial charge < -0.3 is 5.73 Å². The van der Waals surface area contributed by atoms with Gasteiger partial charge in [0.1, 0.15) is 0 Å². The molecule has 0 atom stereocenters. The van der Waals surface area contributed by atoms with Crippen molar-refractivity contribution < 1.29 is 0 Å². The second kappa shape index (κ2) is 7.85. The van der Waals surface area contributed by atoms with Crippen LogP contribution in [-0.4, -0.2) is 16.3 Å². The standard InChI is InChI=1S/C9H15N3.2ClH/c1-8(2)12-7-9(6-11-12)4-3-5-10;;/h3-4,6-8H,5,10H2,1-2H3;2*1H/b4-3+;;. The minimum absolute atomic E-state index is 0. The summed E-state index contributed by atoms with van der Waals surface area (Å²) in [6.45, 7) is 4.78. The maximum absolute atomic E-state index is 5.33. The first-order valence-electron chi connectivity index (χ1n) is 4.15. The van der Waals surface area contributed by atoms with Crippen LogP contribution in [0.25, 0.3) is 6.08 Å². The number of nitrogens with zero attached hydrogens (tertiary/aromatic N) is 2. The predicted molar refractivity (Wildman–Crippen MR) is 65.2 cm³/mol. The summed E-state index contributed by atoms with van der Waals surface area (Å²) in [4.78, 5) is 0. The molecule has 5 heteroatoms. The third-order valence-corrected chi connectivity index (χ3v) is 1.60. The first kappa shape index (κ1) is 15.9. The van der Waals surface area contributed by atoms with Gasteiger partial charge in [0.25, 0.3) is 0 Å². The average Bonchev–Trinajstić information content (AvgIpc) is 2.48. The Balaban J connectivity index is 0. The third kappa shape index (κ3) is 4.65. The van der Waals surface area contributed by atoms with E-state index in [0.29, 0.717) is 12.6 Å². The Kier molecular flexibility index (Phi) is 8.94. The van der Waals surface area contributed by atoms with Gasteiger partial charge in [-0.05, 0) is 13.8 Å². The Morgan fingerprint density at radius 3 is 2.57 bits per heavy atom. The molecule has 3 nitrogen and oxygen atoms in total. The molecule has 0 saturated heterocycles. The van der Waals surface area contributed by atoms with Gasteiger partial charge in [-0.3, -0.25) is 4.68 Å². The van der Waals surface area contributed by atoms with Gasteiger partial charge in [0.15, 0.2) is 0 Å². The van der Waals surface area contributed by atoms with Crippen LogP contribution in [0.4, 0.5) is 0 Å². The lowest BCUT2D eigenvalue weighted by Crippen LogP contribution is -1.99. The summed E-state index contributed by atoms with van der Waals surface area (Å²) in [7, 11) is 0. The molecule has 0 radical (unpaired) electrons. The van der Waals surface area contributed by atoms with E-state index in [2.05, 4.69) is 18.9 Å². The van der Waals surface area contributed by atoms with Gasteiger partial charge in [-0.1, -0.05) is 12.2 Å². The Morgan fingerprint density at radius 2 is 2.14 bits per heavy atom. The number of hydrogen-bond acceptors (Lipinski definition) is 2. The van der Waals surface area contributed by atoms with E-state index in [-0.39, 0.29) is 24.8 Å². The normalized spacial score (nSPS) is 10.0. The highest BCUT2D eigenvalue weighted by atomic mass is 35.5. The zero-order chi connectivity index (χ0) is 8.97. The van der Waals surface area contributed by atoms with E-state index in [1.54, 1.807) is 0 Å². The molecule has 1 aromatic heterocycles. The number of halogens is 2. The SMILES string of the molecule is CC(C)n1cc(/C=C/CN)cn1.Cl.Cl. The molecule has 0 spiro atoms. The zero-order valence-electron chi connectivity index (χ0n) is 8.38. The topological polar surface area (TPSA) is 43.8 Å². The lowest BCUT2D eigenvalue weighted by molar-refractivity contribution is 0.532. The van der Waals surface area contributed by atoms with Gasteiger partial charge >= 0.3 is 0 Å². The molecular weight excluding hydrogens is 221 g/mol. The van der Waals surface area contributed by atoms with E-state index >= 15 is 0 Å². The van der Waals surface area contributed by atoms with Gasteiger partial charge in [-0.15, -0.1) is 24.8 Å². The molecule has 82 valence electrons. The quantitative estimate of drug-likeness (QED) is 0.877. The van der Waals surface area contributed by atoms with Crippen LogP contribution >= 0.6 is 24.8 Å². The second-order valence-electron chi connectivity index (χ2n) is 2.99. The van der Waals surface area contributed by atoms with Crippen molar-refractivity contribution >= 4 is 30.9 Å². The highest BCUT2D eigenvalue weighted by molar-refractivity contribution is 5.85. The minimum atomic E-state index is 0. The van der Waals surface area contributed by atoms with Crippen molar-refractivity contribution in [1.82, 2.24) is 9.78 Å². The lowest BCUT2D eigenvalue weighted by Gasteiger charge is -2.02. The van der Waals surface area contributed by atoms with Crippen LogP contribution in [-0.2, 0) is 0 Å².